The lowest BCUT2D eigenvalue weighted by Gasteiger charge is -2.73. The van der Waals surface area contributed by atoms with Crippen molar-refractivity contribution in [3.63, 3.8) is 0 Å². The molecule has 0 aromatic carbocycles. The molecule has 0 heterocycles. The quantitative estimate of drug-likeness (QED) is 0.278. The minimum Gasteiger partial charge on any atom is -0.394 e. The maximum Gasteiger partial charge on any atom is 0.108 e. The first kappa shape index (κ1) is 30.3. The Balaban J connectivity index is 1.33. The van der Waals surface area contributed by atoms with Crippen molar-refractivity contribution in [3.05, 3.63) is 0 Å². The van der Waals surface area contributed by atoms with E-state index in [0.717, 1.165) is 30.1 Å². The van der Waals surface area contributed by atoms with Gasteiger partial charge >= 0.3 is 0 Å². The highest BCUT2D eigenvalue weighted by molar-refractivity contribution is 5.19. The molecule has 0 aromatic heterocycles. The van der Waals surface area contributed by atoms with Crippen LogP contribution in [0.3, 0.4) is 0 Å². The van der Waals surface area contributed by atoms with Gasteiger partial charge in [0.2, 0.25) is 0 Å². The van der Waals surface area contributed by atoms with Crippen LogP contribution in [0, 0.1) is 62.6 Å². The molecule has 5 aliphatic carbocycles. The van der Waals surface area contributed by atoms with Crippen LogP contribution < -0.4 is 0 Å². The molecule has 0 saturated heterocycles. The second-order valence-corrected chi connectivity index (χ2v) is 17.2. The van der Waals surface area contributed by atoms with Crippen LogP contribution in [0.4, 0.5) is 0 Å². The Morgan fingerprint density at radius 1 is 0.641 bits per heavy atom. The van der Waals surface area contributed by atoms with E-state index in [1.165, 1.54) is 70.6 Å². The molecule has 0 amide bonds. The van der Waals surface area contributed by atoms with Gasteiger partial charge in [0.1, 0.15) is 12.2 Å². The van der Waals surface area contributed by atoms with Gasteiger partial charge in [-0.1, -0.05) is 54.9 Å². The maximum absolute atomic E-state index is 10.4. The van der Waals surface area contributed by atoms with Crippen LogP contribution in [0.5, 0.6) is 0 Å². The zero-order chi connectivity index (χ0) is 28.6. The van der Waals surface area contributed by atoms with E-state index in [4.69, 9.17) is 5.11 Å². The summed E-state index contributed by atoms with van der Waals surface area (Å²) in [6.07, 6.45) is 13.2. The fraction of sp³-hybridized carbons (Fsp3) is 1.00. The highest BCUT2D eigenvalue weighted by Crippen LogP contribution is 2.78. The number of aliphatic hydroxyl groups excluding tert-OH is 4. The third-order valence-corrected chi connectivity index (χ3v) is 15.4. The predicted octanol–water partition coefficient (Wildman–Crippen LogP) is 6.97. The Hall–Kier alpha value is -0.160. The minimum absolute atomic E-state index is 0.411. The van der Waals surface area contributed by atoms with Gasteiger partial charge in [0.15, 0.2) is 0 Å². The Labute approximate surface area is 239 Å². The summed E-state index contributed by atoms with van der Waals surface area (Å²) in [5.74, 6) is 4.50. The van der Waals surface area contributed by atoms with Crippen molar-refractivity contribution in [2.45, 2.75) is 150 Å². The SMILES string of the molecule is C[C@H](CC[C@@H](O)[C@@H](O)[C@H](O)CO)[C@H]1CC[C@@]2(C)[C@@H]1CC[C@]1(C)[C@@H]2CC[C@@H]2[C@@]3(C)CCCC(C)(C)[C@@H]3CC[C@]21C. The van der Waals surface area contributed by atoms with E-state index in [2.05, 4.69) is 48.5 Å². The number of hydrogen-bond acceptors (Lipinski definition) is 4. The summed E-state index contributed by atoms with van der Waals surface area (Å²) in [6, 6.07) is 0. The normalized spacial score (nSPS) is 50.1. The molecule has 5 fully saturated rings. The molecule has 4 nitrogen and oxygen atoms in total. The maximum atomic E-state index is 10.4. The first-order valence-corrected chi connectivity index (χ1v) is 16.8. The van der Waals surface area contributed by atoms with Crippen LogP contribution in [0.2, 0.25) is 0 Å². The Morgan fingerprint density at radius 3 is 1.90 bits per heavy atom. The van der Waals surface area contributed by atoms with Crippen LogP contribution in [0.15, 0.2) is 0 Å². The fourth-order valence-electron chi connectivity index (χ4n) is 13.2. The largest absolute Gasteiger partial charge is 0.394 e. The van der Waals surface area contributed by atoms with Crippen LogP contribution in [0.1, 0.15) is 132 Å². The third-order valence-electron chi connectivity index (χ3n) is 15.4. The molecule has 4 N–H and O–H groups in total. The fourth-order valence-corrected chi connectivity index (χ4v) is 13.2. The number of rotatable bonds is 7. The molecule has 0 unspecified atom stereocenters. The highest BCUT2D eigenvalue weighted by Gasteiger charge is 2.70. The smallest absolute Gasteiger partial charge is 0.108 e. The Kier molecular flexibility index (Phi) is 7.95. The van der Waals surface area contributed by atoms with Gasteiger partial charge in [-0.25, -0.2) is 0 Å². The van der Waals surface area contributed by atoms with Gasteiger partial charge in [-0.3, -0.25) is 0 Å². The average molecular weight is 547 g/mol. The lowest BCUT2D eigenvalue weighted by atomic mass is 9.32. The number of hydrogen-bond donors (Lipinski definition) is 4. The summed E-state index contributed by atoms with van der Waals surface area (Å²) < 4.78 is 0. The van der Waals surface area contributed by atoms with E-state index in [0.29, 0.717) is 45.3 Å². The molecule has 5 saturated carbocycles. The summed E-state index contributed by atoms with van der Waals surface area (Å²) in [4.78, 5) is 0. The molecule has 5 rings (SSSR count). The van der Waals surface area contributed by atoms with Crippen molar-refractivity contribution < 1.29 is 20.4 Å². The molecule has 0 aliphatic heterocycles. The van der Waals surface area contributed by atoms with E-state index in [9.17, 15) is 15.3 Å². The van der Waals surface area contributed by atoms with Crippen LogP contribution in [0.25, 0.3) is 0 Å². The second kappa shape index (κ2) is 10.2. The lowest BCUT2D eigenvalue weighted by Crippen LogP contribution is -2.65. The molecule has 0 aromatic rings. The van der Waals surface area contributed by atoms with E-state index in [-0.39, 0.29) is 0 Å². The van der Waals surface area contributed by atoms with Gasteiger partial charge in [0, 0.05) is 0 Å². The van der Waals surface area contributed by atoms with Crippen LogP contribution >= 0.6 is 0 Å². The zero-order valence-electron chi connectivity index (χ0n) is 26.4. The molecular weight excluding hydrogens is 484 g/mol. The van der Waals surface area contributed by atoms with Gasteiger partial charge in [0.25, 0.3) is 0 Å². The number of aliphatic hydroxyl groups is 4. The Morgan fingerprint density at radius 2 is 1.26 bits per heavy atom. The summed E-state index contributed by atoms with van der Waals surface area (Å²) in [5.41, 5.74) is 2.27. The zero-order valence-corrected chi connectivity index (χ0v) is 26.4. The van der Waals surface area contributed by atoms with Gasteiger partial charge in [-0.15, -0.1) is 0 Å². The standard InChI is InChI=1S/C35H62O4/c1-22(9-10-25(37)30(39)26(38)21-36)23-13-18-32(4)24(23)14-19-34(6)28(32)11-12-29-33(5)17-8-16-31(2,3)27(33)15-20-35(29,34)7/h22-30,36-39H,8-21H2,1-7H3/t22-,23-,24-,25-,26-,27+,28-,29-,30-,32+,33+,34-,35-/m1/s1. The van der Waals surface area contributed by atoms with Gasteiger partial charge in [0.05, 0.1) is 12.7 Å². The van der Waals surface area contributed by atoms with Crippen molar-refractivity contribution >= 4 is 0 Å². The van der Waals surface area contributed by atoms with Crippen molar-refractivity contribution in [1.29, 1.82) is 0 Å². The monoisotopic (exact) mass is 546 g/mol. The molecular formula is C35H62O4. The van der Waals surface area contributed by atoms with E-state index < -0.39 is 24.9 Å². The first-order valence-electron chi connectivity index (χ1n) is 16.8. The van der Waals surface area contributed by atoms with Gasteiger partial charge in [-0.2, -0.15) is 0 Å². The average Bonchev–Trinajstić information content (AvgIpc) is 3.23. The summed E-state index contributed by atoms with van der Waals surface area (Å²) in [7, 11) is 0. The Bertz CT molecular complexity index is 888. The predicted molar refractivity (Wildman–Crippen MR) is 158 cm³/mol. The van der Waals surface area contributed by atoms with Gasteiger partial charge in [-0.05, 0) is 140 Å². The van der Waals surface area contributed by atoms with Crippen molar-refractivity contribution in [1.82, 2.24) is 0 Å². The molecule has 13 atom stereocenters. The van der Waals surface area contributed by atoms with Crippen LogP contribution in [-0.4, -0.2) is 45.3 Å². The molecule has 226 valence electrons. The number of fused-ring (bicyclic) bond motifs is 7. The first-order chi connectivity index (χ1) is 18.2. The van der Waals surface area contributed by atoms with Crippen molar-refractivity contribution in [3.8, 4) is 0 Å². The molecule has 39 heavy (non-hydrogen) atoms. The topological polar surface area (TPSA) is 80.9 Å². The lowest BCUT2D eigenvalue weighted by molar-refractivity contribution is -0.241. The molecule has 5 aliphatic rings. The second-order valence-electron chi connectivity index (χ2n) is 17.2. The highest BCUT2D eigenvalue weighted by atomic mass is 16.4. The third kappa shape index (κ3) is 4.42. The minimum atomic E-state index is -1.27. The summed E-state index contributed by atoms with van der Waals surface area (Å²) in [5, 5.41) is 39.5. The van der Waals surface area contributed by atoms with Crippen molar-refractivity contribution in [2.24, 2.45) is 62.6 Å². The summed E-state index contributed by atoms with van der Waals surface area (Å²) in [6.45, 7) is 17.9. The molecule has 4 heteroatoms. The van der Waals surface area contributed by atoms with Gasteiger partial charge < -0.3 is 20.4 Å². The van der Waals surface area contributed by atoms with E-state index in [1.54, 1.807) is 0 Å². The van der Waals surface area contributed by atoms with E-state index in [1.807, 2.05) is 0 Å². The summed E-state index contributed by atoms with van der Waals surface area (Å²) >= 11 is 0. The van der Waals surface area contributed by atoms with Crippen LogP contribution in [-0.2, 0) is 0 Å². The van der Waals surface area contributed by atoms with E-state index >= 15 is 0 Å². The van der Waals surface area contributed by atoms with Crippen molar-refractivity contribution in [2.75, 3.05) is 6.61 Å². The molecule has 0 bridgehead atoms. The molecule has 0 spiro atoms. The molecule has 0 radical (unpaired) electrons.